The number of phosphoric ester groups is 2. The van der Waals surface area contributed by atoms with Crippen molar-refractivity contribution in [1.82, 2.24) is 0 Å². The number of aliphatic hydroxyl groups excluding tert-OH is 1. The smallest absolute Gasteiger partial charge is 0.462 e. The Kier molecular flexibility index (Phi) is 53.9. The van der Waals surface area contributed by atoms with E-state index in [1.54, 1.807) is 0 Å². The summed E-state index contributed by atoms with van der Waals surface area (Å²) in [7, 11) is -9.86. The molecule has 0 aliphatic rings. The fraction of sp³-hybridized carbons (Fsp3) is 0.933. The summed E-state index contributed by atoms with van der Waals surface area (Å²) in [5.74, 6) is -2.15. The van der Waals surface area contributed by atoms with Gasteiger partial charge in [0.15, 0.2) is 12.2 Å². The Hall–Kier alpha value is -1.94. The molecule has 0 fully saturated rings. The van der Waals surface area contributed by atoms with Gasteiger partial charge in [-0.15, -0.1) is 0 Å². The van der Waals surface area contributed by atoms with Crippen molar-refractivity contribution in [1.29, 1.82) is 0 Å². The summed E-state index contributed by atoms with van der Waals surface area (Å²) in [6.07, 6.45) is 39.2. The van der Waals surface area contributed by atoms with Crippen LogP contribution >= 0.6 is 15.6 Å². The highest BCUT2D eigenvalue weighted by molar-refractivity contribution is 7.47. The Morgan fingerprint density at radius 2 is 0.506 bits per heavy atom. The first-order chi connectivity index (χ1) is 38.2. The highest BCUT2D eigenvalue weighted by Crippen LogP contribution is 2.45. The minimum atomic E-state index is -4.94. The van der Waals surface area contributed by atoms with Gasteiger partial charge in [0.1, 0.15) is 19.3 Å². The Labute approximate surface area is 479 Å². The van der Waals surface area contributed by atoms with E-state index < -0.39 is 97.5 Å². The molecule has 0 aliphatic carbocycles. The molecule has 3 N–H and O–H groups in total. The number of carbonyl (C=O) groups is 4. The van der Waals surface area contributed by atoms with Crippen molar-refractivity contribution in [3.8, 4) is 0 Å². The van der Waals surface area contributed by atoms with Crippen LogP contribution in [0.25, 0.3) is 0 Å². The lowest BCUT2D eigenvalue weighted by Gasteiger charge is -2.21. The van der Waals surface area contributed by atoms with Crippen LogP contribution in [0, 0.1) is 0 Å². The average molecular weight is 1170 g/mol. The molecule has 0 spiro atoms. The molecule has 0 bridgehead atoms. The summed E-state index contributed by atoms with van der Waals surface area (Å²) in [6.45, 7) is 4.77. The van der Waals surface area contributed by atoms with Gasteiger partial charge in [-0.05, 0) is 25.7 Å². The largest absolute Gasteiger partial charge is 0.472 e. The first kappa shape index (κ1) is 77.1. The number of ether oxygens (including phenoxy) is 4. The van der Waals surface area contributed by atoms with Gasteiger partial charge in [-0.25, -0.2) is 9.13 Å². The summed E-state index contributed by atoms with van der Waals surface area (Å²) in [5, 5.41) is 10.5. The van der Waals surface area contributed by atoms with Gasteiger partial charge in [0.2, 0.25) is 0 Å². The number of aliphatic hydroxyl groups is 1. The number of hydrogen-bond acceptors (Lipinski definition) is 15. The van der Waals surface area contributed by atoms with Crippen LogP contribution in [-0.2, 0) is 65.4 Å². The van der Waals surface area contributed by atoms with E-state index in [4.69, 9.17) is 37.0 Å². The molecule has 0 aromatic rings. The third-order valence-corrected chi connectivity index (χ3v) is 15.8. The Balaban J connectivity index is 5.13. The lowest BCUT2D eigenvalue weighted by atomic mass is 10.0. The molecule has 2 unspecified atom stereocenters. The lowest BCUT2D eigenvalue weighted by molar-refractivity contribution is -0.161. The summed E-state index contributed by atoms with van der Waals surface area (Å²) in [5.41, 5.74) is 0. The minimum Gasteiger partial charge on any atom is -0.462 e. The Bertz CT molecular complexity index is 1540. The predicted molar refractivity (Wildman–Crippen MR) is 312 cm³/mol. The molecule has 0 amide bonds. The zero-order chi connectivity index (χ0) is 58.3. The zero-order valence-electron chi connectivity index (χ0n) is 50.3. The normalized spacial score (nSPS) is 14.3. The van der Waals surface area contributed by atoms with Crippen molar-refractivity contribution in [3.05, 3.63) is 0 Å². The zero-order valence-corrected chi connectivity index (χ0v) is 52.1. The fourth-order valence-electron chi connectivity index (χ4n) is 8.93. The second kappa shape index (κ2) is 55.3. The van der Waals surface area contributed by atoms with Crippen LogP contribution in [0.5, 0.6) is 0 Å². The number of hydrogen-bond donors (Lipinski definition) is 3. The second-order valence-corrected chi connectivity index (χ2v) is 24.6. The molecular formula is C60H116O17P2. The van der Waals surface area contributed by atoms with Gasteiger partial charge in [0.25, 0.3) is 0 Å². The van der Waals surface area contributed by atoms with E-state index in [2.05, 4.69) is 27.7 Å². The molecule has 0 saturated carbocycles. The van der Waals surface area contributed by atoms with Crippen LogP contribution in [-0.4, -0.2) is 96.7 Å². The Morgan fingerprint density at radius 3 is 0.747 bits per heavy atom. The molecule has 17 nitrogen and oxygen atoms in total. The minimum absolute atomic E-state index is 0.102. The molecule has 0 aliphatic heterocycles. The maximum atomic E-state index is 12.9. The van der Waals surface area contributed by atoms with E-state index in [0.29, 0.717) is 25.7 Å². The number of rotatable bonds is 61. The van der Waals surface area contributed by atoms with Crippen LogP contribution in [0.15, 0.2) is 0 Å². The first-order valence-corrected chi connectivity index (χ1v) is 34.8. The molecule has 0 aromatic carbocycles. The van der Waals surface area contributed by atoms with Gasteiger partial charge in [0, 0.05) is 25.7 Å². The van der Waals surface area contributed by atoms with Crippen LogP contribution < -0.4 is 0 Å². The number of unbranched alkanes of at least 4 members (excludes halogenated alkanes) is 35. The molecule has 79 heavy (non-hydrogen) atoms. The molecule has 19 heteroatoms. The summed E-state index contributed by atoms with van der Waals surface area (Å²) in [6, 6.07) is 0. The summed E-state index contributed by atoms with van der Waals surface area (Å²) < 4.78 is 67.6. The quantitative estimate of drug-likeness (QED) is 0.0222. The number of esters is 4. The number of phosphoric acid groups is 2. The van der Waals surface area contributed by atoms with Crippen molar-refractivity contribution >= 4 is 39.5 Å². The standard InChI is InChI=1S/C60H116O17P2/c1-5-9-13-17-21-24-26-27-28-29-30-32-34-38-41-45-58(63)71-51-56(77-60(65)47-43-39-35-31-25-22-18-14-10-6-2)53-75-79(68,69)73-49-54(61)48-72-78(66,67)74-52-55(76-59(64)46-42-36-20-16-12-8-4)50-70-57(62)44-40-37-33-23-19-15-11-7-3/h54-56,61H,5-53H2,1-4H3,(H,66,67)(H,68,69)/t54-,55+,56+/m0/s1. The highest BCUT2D eigenvalue weighted by atomic mass is 31.2. The maximum Gasteiger partial charge on any atom is 0.472 e. The Morgan fingerprint density at radius 1 is 0.304 bits per heavy atom. The predicted octanol–water partition coefficient (Wildman–Crippen LogP) is 16.4. The van der Waals surface area contributed by atoms with Gasteiger partial charge in [-0.2, -0.15) is 0 Å². The lowest BCUT2D eigenvalue weighted by Crippen LogP contribution is -2.30. The van der Waals surface area contributed by atoms with Gasteiger partial charge in [-0.3, -0.25) is 37.3 Å². The van der Waals surface area contributed by atoms with Crippen LogP contribution in [0.4, 0.5) is 0 Å². The van der Waals surface area contributed by atoms with Crippen molar-refractivity contribution in [3.63, 3.8) is 0 Å². The molecule has 5 atom stereocenters. The molecule has 0 heterocycles. The second-order valence-electron chi connectivity index (χ2n) is 21.7. The first-order valence-electron chi connectivity index (χ1n) is 31.8. The van der Waals surface area contributed by atoms with Gasteiger partial charge >= 0.3 is 39.5 Å². The summed E-state index contributed by atoms with van der Waals surface area (Å²) in [4.78, 5) is 71.7. The van der Waals surface area contributed by atoms with Crippen molar-refractivity contribution in [2.24, 2.45) is 0 Å². The van der Waals surface area contributed by atoms with Crippen LogP contribution in [0.1, 0.15) is 304 Å². The van der Waals surface area contributed by atoms with Crippen molar-refractivity contribution in [2.75, 3.05) is 39.6 Å². The van der Waals surface area contributed by atoms with Gasteiger partial charge < -0.3 is 33.8 Å². The van der Waals surface area contributed by atoms with E-state index in [0.717, 1.165) is 103 Å². The van der Waals surface area contributed by atoms with Crippen LogP contribution in [0.3, 0.4) is 0 Å². The third-order valence-electron chi connectivity index (χ3n) is 13.9. The van der Waals surface area contributed by atoms with Gasteiger partial charge in [0.05, 0.1) is 26.4 Å². The average Bonchev–Trinajstić information content (AvgIpc) is 3.42. The van der Waals surface area contributed by atoms with E-state index in [1.807, 2.05) is 0 Å². The van der Waals surface area contributed by atoms with E-state index in [1.165, 1.54) is 122 Å². The molecule has 0 aromatic heterocycles. The monoisotopic (exact) mass is 1170 g/mol. The van der Waals surface area contributed by atoms with E-state index >= 15 is 0 Å². The number of carbonyl (C=O) groups excluding carboxylic acids is 4. The van der Waals surface area contributed by atoms with Crippen molar-refractivity contribution < 1.29 is 80.2 Å². The van der Waals surface area contributed by atoms with Crippen molar-refractivity contribution in [2.45, 2.75) is 322 Å². The van der Waals surface area contributed by atoms with E-state index in [-0.39, 0.29) is 25.7 Å². The fourth-order valence-corrected chi connectivity index (χ4v) is 10.5. The molecule has 0 rings (SSSR count). The van der Waals surface area contributed by atoms with E-state index in [9.17, 15) is 43.2 Å². The molecular weight excluding hydrogens is 1050 g/mol. The summed E-state index contributed by atoms with van der Waals surface area (Å²) >= 11 is 0. The highest BCUT2D eigenvalue weighted by Gasteiger charge is 2.30. The SMILES string of the molecule is CCCCCCCCCCCCCCCCCC(=O)OC[C@H](COP(=O)(O)OC[C@@H](O)COP(=O)(O)OC[C@@H](COC(=O)CCCCCCCCCC)OC(=O)CCCCCCCC)OC(=O)CCCCCCCCCCCC. The molecule has 0 saturated heterocycles. The van der Waals surface area contributed by atoms with Crippen LogP contribution in [0.2, 0.25) is 0 Å². The molecule has 468 valence electrons. The molecule has 0 radical (unpaired) electrons. The third kappa shape index (κ3) is 55.0. The maximum absolute atomic E-state index is 12.9. The van der Waals surface area contributed by atoms with Gasteiger partial charge in [-0.1, -0.05) is 252 Å². The topological polar surface area (TPSA) is 237 Å².